The summed E-state index contributed by atoms with van der Waals surface area (Å²) >= 11 is 0. The van der Waals surface area contributed by atoms with Gasteiger partial charge in [-0.05, 0) is 63.6 Å². The molecule has 7 heteroatoms. The van der Waals surface area contributed by atoms with Crippen molar-refractivity contribution in [3.05, 3.63) is 23.8 Å². The van der Waals surface area contributed by atoms with E-state index in [1.807, 2.05) is 20.8 Å². The number of hydrogen-bond donors (Lipinski definition) is 1. The molecule has 1 saturated heterocycles. The Balaban J connectivity index is 2.36. The Hall–Kier alpha value is -1.60. The second-order valence-corrected chi connectivity index (χ2v) is 11.8. The Morgan fingerprint density at radius 1 is 1.21 bits per heavy atom. The Morgan fingerprint density at radius 3 is 2.41 bits per heavy atom. The molecule has 1 atom stereocenters. The number of amides is 1. The third-order valence-electron chi connectivity index (χ3n) is 5.18. The van der Waals surface area contributed by atoms with Gasteiger partial charge < -0.3 is 10.1 Å². The smallest absolute Gasteiger partial charge is 0.251 e. The molecule has 164 valence electrons. The van der Waals surface area contributed by atoms with Crippen molar-refractivity contribution in [2.45, 2.75) is 83.7 Å². The molecule has 29 heavy (non-hydrogen) atoms. The average molecular weight is 425 g/mol. The van der Waals surface area contributed by atoms with Crippen LogP contribution in [-0.2, 0) is 10.0 Å². The van der Waals surface area contributed by atoms with Gasteiger partial charge in [-0.2, -0.15) is 4.31 Å². The van der Waals surface area contributed by atoms with Crippen LogP contribution in [-0.4, -0.2) is 43.9 Å². The van der Waals surface area contributed by atoms with E-state index < -0.39 is 15.6 Å². The van der Waals surface area contributed by atoms with Crippen LogP contribution >= 0.6 is 0 Å². The fourth-order valence-electron chi connectivity index (χ4n) is 4.32. The zero-order valence-electron chi connectivity index (χ0n) is 18.8. The lowest BCUT2D eigenvalue weighted by Crippen LogP contribution is -2.46. The predicted molar refractivity (Wildman–Crippen MR) is 116 cm³/mol. The summed E-state index contributed by atoms with van der Waals surface area (Å²) in [5.74, 6) is -0.0293. The Kier molecular flexibility index (Phi) is 7.05. The lowest BCUT2D eigenvalue weighted by atomic mass is 9.81. The van der Waals surface area contributed by atoms with Gasteiger partial charge in [0.15, 0.2) is 0 Å². The van der Waals surface area contributed by atoms with Crippen LogP contribution in [0, 0.1) is 5.41 Å². The van der Waals surface area contributed by atoms with Gasteiger partial charge in [-0.1, -0.05) is 27.2 Å². The lowest BCUT2D eigenvalue weighted by Gasteiger charge is -2.34. The van der Waals surface area contributed by atoms with Gasteiger partial charge in [-0.25, -0.2) is 8.42 Å². The van der Waals surface area contributed by atoms with Crippen molar-refractivity contribution in [3.8, 4) is 5.75 Å². The zero-order chi connectivity index (χ0) is 22.0. The topological polar surface area (TPSA) is 75.7 Å². The van der Waals surface area contributed by atoms with Gasteiger partial charge in [0.1, 0.15) is 10.6 Å². The van der Waals surface area contributed by atoms with E-state index in [4.69, 9.17) is 4.74 Å². The first-order chi connectivity index (χ1) is 13.3. The van der Waals surface area contributed by atoms with E-state index in [2.05, 4.69) is 26.1 Å². The van der Waals surface area contributed by atoms with Crippen molar-refractivity contribution in [1.82, 2.24) is 9.62 Å². The summed E-state index contributed by atoms with van der Waals surface area (Å²) in [7, 11) is -2.31. The van der Waals surface area contributed by atoms with Crippen LogP contribution < -0.4 is 10.1 Å². The Bertz CT molecular complexity index is 841. The van der Waals surface area contributed by atoms with Crippen molar-refractivity contribution in [2.75, 3.05) is 13.7 Å². The summed E-state index contributed by atoms with van der Waals surface area (Å²) in [6, 6.07) is 4.55. The number of rotatable bonds is 6. The summed E-state index contributed by atoms with van der Waals surface area (Å²) in [4.78, 5) is 13.0. The van der Waals surface area contributed by atoms with Crippen LogP contribution in [0.3, 0.4) is 0 Å². The van der Waals surface area contributed by atoms with Crippen molar-refractivity contribution in [2.24, 2.45) is 5.41 Å². The summed E-state index contributed by atoms with van der Waals surface area (Å²) < 4.78 is 33.5. The molecule has 0 saturated carbocycles. The summed E-state index contributed by atoms with van der Waals surface area (Å²) in [6.07, 6.45) is 3.49. The highest BCUT2D eigenvalue weighted by atomic mass is 32.2. The number of benzene rings is 1. The molecule has 1 aromatic carbocycles. The molecule has 6 nitrogen and oxygen atoms in total. The molecule has 1 fully saturated rings. The second kappa shape index (κ2) is 8.64. The highest BCUT2D eigenvalue weighted by molar-refractivity contribution is 7.89. The summed E-state index contributed by atoms with van der Waals surface area (Å²) in [5.41, 5.74) is -0.0540. The number of sulfonamides is 1. The van der Waals surface area contributed by atoms with E-state index in [9.17, 15) is 13.2 Å². The van der Waals surface area contributed by atoms with Crippen LogP contribution in [0.2, 0.25) is 0 Å². The van der Waals surface area contributed by atoms with Crippen molar-refractivity contribution >= 4 is 15.9 Å². The third-order valence-corrected chi connectivity index (χ3v) is 7.21. The van der Waals surface area contributed by atoms with Crippen molar-refractivity contribution in [1.29, 1.82) is 0 Å². The van der Waals surface area contributed by atoms with E-state index in [0.717, 1.165) is 25.7 Å². The molecule has 1 unspecified atom stereocenters. The predicted octanol–water partition coefficient (Wildman–Crippen LogP) is 4.20. The fourth-order valence-corrected chi connectivity index (χ4v) is 6.21. The molecular formula is C22H36N2O4S. The number of nitrogens with zero attached hydrogens (tertiary/aromatic N) is 1. The number of carbonyl (C=O) groups excluding carboxylic acids is 1. The SMILES string of the molecule is COc1ccc(C(=O)NC(C)(C)CC(C)(C)C)cc1S(=O)(=O)N1CCCCC1C. The number of carbonyl (C=O) groups is 1. The number of piperidine rings is 1. The molecule has 1 heterocycles. The van der Waals surface area contributed by atoms with Crippen molar-refractivity contribution < 1.29 is 17.9 Å². The van der Waals surface area contributed by atoms with Crippen LogP contribution in [0.25, 0.3) is 0 Å². The van der Waals surface area contributed by atoms with Crippen LogP contribution in [0.5, 0.6) is 5.75 Å². The maximum Gasteiger partial charge on any atom is 0.251 e. The highest BCUT2D eigenvalue weighted by Crippen LogP contribution is 2.32. The fraction of sp³-hybridized carbons (Fsp3) is 0.682. The molecule has 1 aromatic rings. The van der Waals surface area contributed by atoms with E-state index >= 15 is 0 Å². The molecule has 2 rings (SSSR count). The van der Waals surface area contributed by atoms with Gasteiger partial charge in [0.2, 0.25) is 10.0 Å². The molecule has 1 amide bonds. The zero-order valence-corrected chi connectivity index (χ0v) is 19.6. The monoisotopic (exact) mass is 424 g/mol. The van der Waals surface area contributed by atoms with Gasteiger partial charge in [0.05, 0.1) is 7.11 Å². The van der Waals surface area contributed by atoms with Crippen LogP contribution in [0.1, 0.15) is 77.6 Å². The van der Waals surface area contributed by atoms with Gasteiger partial charge in [0, 0.05) is 23.7 Å². The Morgan fingerprint density at radius 2 is 1.86 bits per heavy atom. The van der Waals surface area contributed by atoms with E-state index in [1.165, 1.54) is 17.5 Å². The number of methoxy groups -OCH3 is 1. The van der Waals surface area contributed by atoms with Gasteiger partial charge in [-0.15, -0.1) is 0 Å². The van der Waals surface area contributed by atoms with Gasteiger partial charge in [0.25, 0.3) is 5.91 Å². The Labute approximate surface area is 176 Å². The summed E-state index contributed by atoms with van der Waals surface area (Å²) in [6.45, 7) is 12.7. The first-order valence-corrected chi connectivity index (χ1v) is 11.7. The lowest BCUT2D eigenvalue weighted by molar-refractivity contribution is 0.0891. The minimum absolute atomic E-state index is 0.0510. The second-order valence-electron chi connectivity index (χ2n) is 9.90. The number of hydrogen-bond acceptors (Lipinski definition) is 4. The molecule has 1 aliphatic rings. The largest absolute Gasteiger partial charge is 0.495 e. The molecule has 1 aliphatic heterocycles. The maximum atomic E-state index is 13.3. The minimum Gasteiger partial charge on any atom is -0.495 e. The molecule has 0 radical (unpaired) electrons. The molecular weight excluding hydrogens is 388 g/mol. The number of ether oxygens (including phenoxy) is 1. The molecule has 0 aromatic heterocycles. The molecule has 0 aliphatic carbocycles. The number of nitrogens with one attached hydrogen (secondary N) is 1. The maximum absolute atomic E-state index is 13.3. The quantitative estimate of drug-likeness (QED) is 0.742. The minimum atomic E-state index is -3.75. The normalized spacial score (nSPS) is 19.1. The molecule has 1 N–H and O–H groups in total. The van der Waals surface area contributed by atoms with Crippen LogP contribution in [0.15, 0.2) is 23.1 Å². The van der Waals surface area contributed by atoms with Gasteiger partial charge in [-0.3, -0.25) is 4.79 Å². The molecule has 0 bridgehead atoms. The first-order valence-electron chi connectivity index (χ1n) is 10.3. The standard InChI is InChI=1S/C22H36N2O4S/c1-16-10-8-9-13-24(16)29(26,27)19-14-17(11-12-18(19)28-7)20(25)23-22(5,6)15-21(2,3)4/h11-12,14,16H,8-10,13,15H2,1-7H3,(H,23,25). The first kappa shape index (κ1) is 23.7. The molecule has 0 spiro atoms. The highest BCUT2D eigenvalue weighted by Gasteiger charge is 2.34. The van der Waals surface area contributed by atoms with E-state index in [1.54, 1.807) is 12.1 Å². The van der Waals surface area contributed by atoms with Crippen LogP contribution in [0.4, 0.5) is 0 Å². The van der Waals surface area contributed by atoms with E-state index in [-0.39, 0.29) is 28.0 Å². The van der Waals surface area contributed by atoms with Gasteiger partial charge >= 0.3 is 0 Å². The van der Waals surface area contributed by atoms with E-state index in [0.29, 0.717) is 12.1 Å². The third kappa shape index (κ3) is 5.95. The average Bonchev–Trinajstić information content (AvgIpc) is 2.58. The van der Waals surface area contributed by atoms with Crippen molar-refractivity contribution in [3.63, 3.8) is 0 Å². The summed E-state index contributed by atoms with van der Waals surface area (Å²) in [5, 5.41) is 3.05.